The summed E-state index contributed by atoms with van der Waals surface area (Å²) in [6, 6.07) is 0. The van der Waals surface area contributed by atoms with E-state index in [9.17, 15) is 30.0 Å². The zero-order valence-corrected chi connectivity index (χ0v) is 30.5. The number of carbonyl (C=O) groups is 3. The lowest BCUT2D eigenvalue weighted by Gasteiger charge is -2.63. The number of allylic oxidation sites excluding steroid dienone is 1. The molecule has 4 bridgehead atoms. The molecule has 53 heavy (non-hydrogen) atoms. The smallest absolute Gasteiger partial charge is 0.320 e. The van der Waals surface area contributed by atoms with Gasteiger partial charge in [-0.1, -0.05) is 20.8 Å². The summed E-state index contributed by atoms with van der Waals surface area (Å²) < 4.78 is 38.6. The van der Waals surface area contributed by atoms with E-state index in [-0.39, 0.29) is 49.5 Å². The highest BCUT2D eigenvalue weighted by Gasteiger charge is 2.86. The van der Waals surface area contributed by atoms with Gasteiger partial charge in [-0.2, -0.15) is 0 Å². The van der Waals surface area contributed by atoms with Crippen LogP contribution in [0.25, 0.3) is 0 Å². The third-order valence-electron chi connectivity index (χ3n) is 18.4. The van der Waals surface area contributed by atoms with Crippen molar-refractivity contribution in [2.24, 2.45) is 68.0 Å². The average molecular weight is 739 g/mol. The monoisotopic (exact) mass is 738 g/mol. The van der Waals surface area contributed by atoms with E-state index < -0.39 is 117 Å². The number of rotatable bonds is 0. The number of ether oxygens (including phenoxy) is 6. The molecule has 4 N–H and O–H groups in total. The van der Waals surface area contributed by atoms with E-state index in [0.29, 0.717) is 44.7 Å². The molecule has 10 fully saturated rings. The zero-order chi connectivity index (χ0) is 36.6. The van der Waals surface area contributed by atoms with Crippen LogP contribution in [-0.2, 0) is 42.8 Å². The molecule has 0 aromatic carbocycles. The van der Waals surface area contributed by atoms with Crippen molar-refractivity contribution in [3.8, 4) is 0 Å². The van der Waals surface area contributed by atoms with E-state index >= 15 is 4.79 Å². The van der Waals surface area contributed by atoms with Crippen LogP contribution in [0, 0.1) is 68.0 Å². The number of hydrogen-bond donors (Lipinski definition) is 4. The topological polar surface area (TPSA) is 188 Å². The van der Waals surface area contributed by atoms with Gasteiger partial charge in [-0.25, -0.2) is 0 Å². The Morgan fingerprint density at radius 2 is 1.38 bits per heavy atom. The Labute approximate surface area is 307 Å². The summed E-state index contributed by atoms with van der Waals surface area (Å²) in [5, 5.41) is 47.1. The SMILES string of the molecule is CC1(C)[C@H]2[C@H](O)OC[C@@]23[C@H](C[C@@H]1O)OC(=O)[C@@]12C[C@@H](C[C@@H](O)[C@H]13)[C@@]1(CCC3=C(O1)[C@]14C[C@H]3C[C@@H](O)[C@H]1[C@]13CO[C@@H]5OC[C@](C)(CC[C@@H]1OC4=O)[C@@H]53)C2=O. The maximum absolute atomic E-state index is 15.7. The zero-order valence-electron chi connectivity index (χ0n) is 30.5. The molecule has 6 aliphatic heterocycles. The highest BCUT2D eigenvalue weighted by atomic mass is 16.7. The van der Waals surface area contributed by atoms with Crippen LogP contribution in [0.2, 0.25) is 0 Å². The van der Waals surface area contributed by atoms with Crippen molar-refractivity contribution in [2.75, 3.05) is 19.8 Å². The summed E-state index contributed by atoms with van der Waals surface area (Å²) in [4.78, 5) is 45.0. The van der Waals surface area contributed by atoms with Crippen LogP contribution in [0.5, 0.6) is 0 Å². The molecule has 0 amide bonds. The molecule has 0 aromatic rings. The second-order valence-corrected chi connectivity index (χ2v) is 20.4. The van der Waals surface area contributed by atoms with Crippen molar-refractivity contribution in [3.05, 3.63) is 11.3 Å². The first-order chi connectivity index (χ1) is 25.1. The van der Waals surface area contributed by atoms with E-state index in [4.69, 9.17) is 28.4 Å². The maximum atomic E-state index is 15.7. The standard InChI is InChI=1S/C40H50O13/c1-34(2)21(43)10-23-39(14-48-29(44)26(34)39)25-20(42)9-17-12-37(25,33(47)52-23)31(45)40(17)7-4-18-16-8-19(41)24-36(11-16,28(18)53-40)32(46)51-22-5-6-35(3)13-49-30-27(35)38(22,24)15-50-30/h16-17,19-27,29-30,41-44H,4-15H2,1-3H3/t16-,17-,19-,20-,21+,22+,23+,24-,25-,26-,27-,29-,30+,35+,36+,37+,38+,39+,40+/m1/s1. The summed E-state index contributed by atoms with van der Waals surface area (Å²) in [5.74, 6) is -4.10. The first-order valence-electron chi connectivity index (χ1n) is 20.1. The van der Waals surface area contributed by atoms with Gasteiger partial charge in [-0.05, 0) is 73.7 Å². The lowest BCUT2D eigenvalue weighted by atomic mass is 9.43. The molecule has 13 nitrogen and oxygen atoms in total. The van der Waals surface area contributed by atoms with Gasteiger partial charge in [0.2, 0.25) is 0 Å². The van der Waals surface area contributed by atoms with Gasteiger partial charge in [0.1, 0.15) is 28.8 Å². The summed E-state index contributed by atoms with van der Waals surface area (Å²) >= 11 is 0. The van der Waals surface area contributed by atoms with Gasteiger partial charge < -0.3 is 48.8 Å². The summed E-state index contributed by atoms with van der Waals surface area (Å²) in [7, 11) is 0. The molecule has 0 unspecified atom stereocenters. The fourth-order valence-corrected chi connectivity index (χ4v) is 16.7. The maximum Gasteiger partial charge on any atom is 0.320 e. The molecular weight excluding hydrogens is 688 g/mol. The Balaban J connectivity index is 0.985. The number of carbonyl (C=O) groups excluding carboxylic acids is 3. The highest BCUT2D eigenvalue weighted by molar-refractivity contribution is 6.11. The Morgan fingerprint density at radius 3 is 2.19 bits per heavy atom. The van der Waals surface area contributed by atoms with Crippen LogP contribution in [0.1, 0.15) is 78.6 Å². The number of esters is 2. The van der Waals surface area contributed by atoms with Crippen LogP contribution < -0.4 is 0 Å². The molecule has 5 saturated carbocycles. The minimum Gasteiger partial charge on any atom is -0.482 e. The lowest BCUT2D eigenvalue weighted by Crippen LogP contribution is -2.73. The van der Waals surface area contributed by atoms with E-state index in [0.717, 1.165) is 12.0 Å². The molecule has 288 valence electrons. The van der Waals surface area contributed by atoms with Crippen LogP contribution in [0.3, 0.4) is 0 Å². The Hall–Kier alpha value is -2.13. The molecular formula is C40H50O13. The predicted octanol–water partition coefficient (Wildman–Crippen LogP) is 1.52. The Morgan fingerprint density at radius 1 is 0.698 bits per heavy atom. The van der Waals surface area contributed by atoms with E-state index in [1.54, 1.807) is 0 Å². The summed E-state index contributed by atoms with van der Waals surface area (Å²) in [6.07, 6.45) is -2.37. The molecule has 6 aliphatic carbocycles. The average Bonchev–Trinajstić information content (AvgIpc) is 3.87. The number of ketones is 1. The quantitative estimate of drug-likeness (QED) is 0.207. The van der Waals surface area contributed by atoms with Gasteiger partial charge >= 0.3 is 11.9 Å². The van der Waals surface area contributed by atoms with Crippen molar-refractivity contribution in [1.29, 1.82) is 0 Å². The Bertz CT molecular complexity index is 1810. The van der Waals surface area contributed by atoms with Crippen molar-refractivity contribution in [1.82, 2.24) is 0 Å². The molecule has 19 atom stereocenters. The largest absolute Gasteiger partial charge is 0.482 e. The van der Waals surface area contributed by atoms with E-state index in [2.05, 4.69) is 6.92 Å². The minimum absolute atomic E-state index is 0.0240. The molecule has 12 aliphatic rings. The molecule has 0 radical (unpaired) electrons. The third kappa shape index (κ3) is 3.20. The summed E-state index contributed by atoms with van der Waals surface area (Å²) in [6.45, 7) is 6.74. The Kier molecular flexibility index (Phi) is 5.93. The number of hydrogen-bond acceptors (Lipinski definition) is 13. The van der Waals surface area contributed by atoms with Gasteiger partial charge in [0.05, 0.1) is 38.1 Å². The molecule has 5 spiro atoms. The van der Waals surface area contributed by atoms with Gasteiger partial charge in [0.25, 0.3) is 0 Å². The molecule has 13 heteroatoms. The van der Waals surface area contributed by atoms with E-state index in [1.807, 2.05) is 13.8 Å². The fourth-order valence-electron chi connectivity index (χ4n) is 16.7. The van der Waals surface area contributed by atoms with Crippen LogP contribution >= 0.6 is 0 Å². The first-order valence-corrected chi connectivity index (χ1v) is 20.1. The number of Topliss-reactive ketones (excluding diaryl/α,β-unsaturated/α-hetero) is 1. The second-order valence-electron chi connectivity index (χ2n) is 20.4. The molecule has 5 saturated heterocycles. The van der Waals surface area contributed by atoms with Gasteiger partial charge in [-0.15, -0.1) is 0 Å². The second kappa shape index (κ2) is 9.52. The van der Waals surface area contributed by atoms with Crippen LogP contribution in [-0.4, -0.2) is 107 Å². The molecule has 12 rings (SSSR count). The normalized spacial score (nSPS) is 61.6. The van der Waals surface area contributed by atoms with Crippen LogP contribution in [0.15, 0.2) is 11.3 Å². The van der Waals surface area contributed by atoms with Gasteiger partial charge in [-0.3, -0.25) is 14.4 Å². The van der Waals surface area contributed by atoms with Crippen molar-refractivity contribution in [3.63, 3.8) is 0 Å². The predicted molar refractivity (Wildman–Crippen MR) is 175 cm³/mol. The minimum atomic E-state index is -1.76. The van der Waals surface area contributed by atoms with Gasteiger partial charge in [0, 0.05) is 46.8 Å². The highest BCUT2D eigenvalue weighted by Crippen LogP contribution is 2.77. The van der Waals surface area contributed by atoms with E-state index in [1.165, 1.54) is 0 Å². The fraction of sp³-hybridized carbons (Fsp3) is 0.875. The number of aliphatic hydroxyl groups is 4. The third-order valence-corrected chi connectivity index (χ3v) is 18.4. The summed E-state index contributed by atoms with van der Waals surface area (Å²) in [5.41, 5.74) is -6.55. The first kappa shape index (κ1) is 33.1. The van der Waals surface area contributed by atoms with Gasteiger partial charge in [0.15, 0.2) is 24.0 Å². The number of fused-ring (bicyclic) bond motifs is 4. The van der Waals surface area contributed by atoms with Crippen LogP contribution in [0.4, 0.5) is 0 Å². The molecule has 0 aromatic heterocycles. The lowest BCUT2D eigenvalue weighted by molar-refractivity contribution is -0.267. The molecule has 6 heterocycles. The van der Waals surface area contributed by atoms with Crippen molar-refractivity contribution >= 4 is 17.7 Å². The number of aliphatic hydroxyl groups excluding tert-OH is 4. The van der Waals surface area contributed by atoms with Crippen molar-refractivity contribution < 1.29 is 63.2 Å². The van der Waals surface area contributed by atoms with Crippen molar-refractivity contribution in [2.45, 2.75) is 127 Å².